The van der Waals surface area contributed by atoms with Crippen LogP contribution in [0.5, 0.6) is 0 Å². The SMILES string of the molecule is O=C1C[C@H]2[C@@H](CSn3nnnc3-c3ccccc3)C=C[C@H]2O1. The molecule has 0 N–H and O–H groups in total. The number of ether oxygens (including phenoxy) is 1. The maximum Gasteiger partial charge on any atom is 0.306 e. The van der Waals surface area contributed by atoms with Crippen LogP contribution in [0.3, 0.4) is 0 Å². The van der Waals surface area contributed by atoms with Crippen molar-refractivity contribution in [3.63, 3.8) is 0 Å². The van der Waals surface area contributed by atoms with Crippen LogP contribution >= 0.6 is 11.9 Å². The first kappa shape index (κ1) is 13.5. The van der Waals surface area contributed by atoms with Gasteiger partial charge in [-0.15, -0.1) is 5.10 Å². The van der Waals surface area contributed by atoms with Gasteiger partial charge in [0.2, 0.25) is 0 Å². The summed E-state index contributed by atoms with van der Waals surface area (Å²) in [4.78, 5) is 11.4. The zero-order valence-corrected chi connectivity index (χ0v) is 12.5. The van der Waals surface area contributed by atoms with Gasteiger partial charge in [-0.2, -0.15) is 4.09 Å². The monoisotopic (exact) mass is 314 g/mol. The Kier molecular flexibility index (Phi) is 3.42. The predicted octanol–water partition coefficient (Wildman–Crippen LogP) is 1.95. The smallest absolute Gasteiger partial charge is 0.306 e. The van der Waals surface area contributed by atoms with Crippen molar-refractivity contribution in [2.24, 2.45) is 11.8 Å². The van der Waals surface area contributed by atoms with Crippen LogP contribution in [0, 0.1) is 11.8 Å². The molecule has 1 fully saturated rings. The minimum atomic E-state index is -0.0956. The Morgan fingerprint density at radius 3 is 3.00 bits per heavy atom. The van der Waals surface area contributed by atoms with E-state index in [2.05, 4.69) is 21.6 Å². The third kappa shape index (κ3) is 2.41. The molecule has 3 atom stereocenters. The first-order chi connectivity index (χ1) is 10.8. The lowest BCUT2D eigenvalue weighted by atomic mass is 9.94. The van der Waals surface area contributed by atoms with Gasteiger partial charge in [0.25, 0.3) is 0 Å². The second-order valence-corrected chi connectivity index (χ2v) is 6.35. The fourth-order valence-electron chi connectivity index (χ4n) is 2.93. The van der Waals surface area contributed by atoms with Crippen LogP contribution in [0.25, 0.3) is 11.4 Å². The molecule has 6 nitrogen and oxygen atoms in total. The van der Waals surface area contributed by atoms with Gasteiger partial charge in [0.15, 0.2) is 5.82 Å². The minimum absolute atomic E-state index is 0.0411. The average molecular weight is 314 g/mol. The van der Waals surface area contributed by atoms with E-state index in [-0.39, 0.29) is 18.0 Å². The summed E-state index contributed by atoms with van der Waals surface area (Å²) < 4.78 is 7.01. The van der Waals surface area contributed by atoms with Crippen molar-refractivity contribution in [1.82, 2.24) is 19.6 Å². The van der Waals surface area contributed by atoms with E-state index >= 15 is 0 Å². The van der Waals surface area contributed by atoms with Crippen LogP contribution in [0.1, 0.15) is 6.42 Å². The van der Waals surface area contributed by atoms with Crippen molar-refractivity contribution < 1.29 is 9.53 Å². The number of esters is 1. The molecule has 0 unspecified atom stereocenters. The summed E-state index contributed by atoms with van der Waals surface area (Å²) in [5, 5.41) is 11.9. The van der Waals surface area contributed by atoms with E-state index in [1.807, 2.05) is 36.4 Å². The van der Waals surface area contributed by atoms with Crippen LogP contribution in [0.2, 0.25) is 0 Å². The number of fused-ring (bicyclic) bond motifs is 1. The molecule has 2 aromatic rings. The van der Waals surface area contributed by atoms with Gasteiger partial charge >= 0.3 is 5.97 Å². The van der Waals surface area contributed by atoms with Crippen LogP contribution in [0.4, 0.5) is 0 Å². The van der Waals surface area contributed by atoms with Crippen molar-refractivity contribution in [2.45, 2.75) is 12.5 Å². The van der Waals surface area contributed by atoms with E-state index < -0.39 is 0 Å². The first-order valence-corrected chi connectivity index (χ1v) is 8.10. The van der Waals surface area contributed by atoms with Crippen LogP contribution in [0.15, 0.2) is 42.5 Å². The lowest BCUT2D eigenvalue weighted by Crippen LogP contribution is -2.17. The number of benzene rings is 1. The highest BCUT2D eigenvalue weighted by Gasteiger charge is 2.41. The van der Waals surface area contributed by atoms with E-state index in [1.165, 1.54) is 0 Å². The summed E-state index contributed by atoms with van der Waals surface area (Å²) in [6.07, 6.45) is 4.60. The molecule has 1 aromatic heterocycles. The van der Waals surface area contributed by atoms with E-state index in [1.54, 1.807) is 16.0 Å². The molecule has 2 heterocycles. The molecule has 1 aromatic carbocycles. The second-order valence-electron chi connectivity index (χ2n) is 5.41. The van der Waals surface area contributed by atoms with Crippen molar-refractivity contribution in [1.29, 1.82) is 0 Å². The van der Waals surface area contributed by atoms with Crippen molar-refractivity contribution in [3.05, 3.63) is 42.5 Å². The molecule has 0 amide bonds. The number of hydrogen-bond donors (Lipinski definition) is 0. The van der Waals surface area contributed by atoms with Crippen molar-refractivity contribution >= 4 is 17.9 Å². The van der Waals surface area contributed by atoms with Crippen molar-refractivity contribution in [2.75, 3.05) is 5.75 Å². The number of allylic oxidation sites excluding steroid dienone is 1. The zero-order chi connectivity index (χ0) is 14.9. The summed E-state index contributed by atoms with van der Waals surface area (Å²) in [6.45, 7) is 0. The summed E-state index contributed by atoms with van der Waals surface area (Å²) in [7, 11) is 0. The van der Waals surface area contributed by atoms with Crippen LogP contribution < -0.4 is 0 Å². The van der Waals surface area contributed by atoms with Crippen molar-refractivity contribution in [3.8, 4) is 11.4 Å². The van der Waals surface area contributed by atoms with Gasteiger partial charge in [0.1, 0.15) is 6.10 Å². The number of rotatable bonds is 4. The standard InChI is InChI=1S/C15H14N4O2S/c20-14-8-12-11(6-7-13(12)21-14)9-22-19-15(16-17-18-19)10-4-2-1-3-5-10/h1-7,11-13H,8-9H2/t11-,12+,13-/m1/s1. The molecule has 1 aliphatic carbocycles. The first-order valence-electron chi connectivity index (χ1n) is 7.16. The van der Waals surface area contributed by atoms with Gasteiger partial charge in [-0.05, 0) is 34.4 Å². The molecule has 4 rings (SSSR count). The highest BCUT2D eigenvalue weighted by Crippen LogP contribution is 2.38. The summed E-state index contributed by atoms with van der Waals surface area (Å²) in [5.41, 5.74) is 0.985. The van der Waals surface area contributed by atoms with Crippen LogP contribution in [-0.4, -0.2) is 37.4 Å². The third-order valence-corrected chi connectivity index (χ3v) is 5.08. The quantitative estimate of drug-likeness (QED) is 0.634. The molecular weight excluding hydrogens is 300 g/mol. The summed E-state index contributed by atoms with van der Waals surface area (Å²) in [6, 6.07) is 9.86. The zero-order valence-electron chi connectivity index (χ0n) is 11.7. The predicted molar refractivity (Wildman–Crippen MR) is 81.7 cm³/mol. The summed E-state index contributed by atoms with van der Waals surface area (Å²) >= 11 is 1.56. The number of hydrogen-bond acceptors (Lipinski definition) is 6. The number of carbonyl (C=O) groups is 1. The molecule has 22 heavy (non-hydrogen) atoms. The van der Waals surface area contributed by atoms with Gasteiger partial charge < -0.3 is 4.74 Å². The van der Waals surface area contributed by atoms with Gasteiger partial charge in [0, 0.05) is 17.2 Å². The van der Waals surface area contributed by atoms with Gasteiger partial charge in [0.05, 0.1) is 6.42 Å². The lowest BCUT2D eigenvalue weighted by Gasteiger charge is -2.15. The lowest BCUT2D eigenvalue weighted by molar-refractivity contribution is -0.140. The Hall–Kier alpha value is -2.15. The normalized spacial score (nSPS) is 26.2. The number of tetrazole rings is 1. The minimum Gasteiger partial charge on any atom is -0.458 e. The van der Waals surface area contributed by atoms with Gasteiger partial charge in [-0.3, -0.25) is 4.79 Å². The Balaban J connectivity index is 1.46. The van der Waals surface area contributed by atoms with Gasteiger partial charge in [-0.1, -0.05) is 36.4 Å². The van der Waals surface area contributed by atoms with E-state index in [4.69, 9.17) is 4.74 Å². The molecule has 0 spiro atoms. The molecule has 2 aliphatic rings. The molecule has 0 saturated carbocycles. The highest BCUT2D eigenvalue weighted by atomic mass is 32.2. The molecular formula is C15H14N4O2S. The third-order valence-electron chi connectivity index (χ3n) is 4.05. The van der Waals surface area contributed by atoms with Crippen LogP contribution in [-0.2, 0) is 9.53 Å². The molecule has 1 saturated heterocycles. The van der Waals surface area contributed by atoms with E-state index in [9.17, 15) is 4.79 Å². The molecule has 1 aliphatic heterocycles. The molecule has 0 radical (unpaired) electrons. The fourth-order valence-corrected chi connectivity index (χ4v) is 3.95. The Morgan fingerprint density at radius 2 is 2.14 bits per heavy atom. The number of carbonyl (C=O) groups excluding carboxylic acids is 1. The topological polar surface area (TPSA) is 69.9 Å². The Labute approximate surface area is 131 Å². The van der Waals surface area contributed by atoms with E-state index in [0.717, 1.165) is 17.1 Å². The second kappa shape index (κ2) is 5.57. The molecule has 112 valence electrons. The number of aromatic nitrogens is 4. The Morgan fingerprint density at radius 1 is 1.27 bits per heavy atom. The largest absolute Gasteiger partial charge is 0.458 e. The fraction of sp³-hybridized carbons (Fsp3) is 0.333. The van der Waals surface area contributed by atoms with E-state index in [0.29, 0.717) is 12.3 Å². The molecule has 0 bridgehead atoms. The number of nitrogens with zero attached hydrogens (tertiary/aromatic N) is 4. The highest BCUT2D eigenvalue weighted by molar-refractivity contribution is 7.97. The van der Waals surface area contributed by atoms with Gasteiger partial charge in [-0.25, -0.2) is 0 Å². The average Bonchev–Trinajstić information content (AvgIpc) is 3.22. The maximum absolute atomic E-state index is 11.4. The maximum atomic E-state index is 11.4. The summed E-state index contributed by atoms with van der Waals surface area (Å²) in [5.74, 6) is 2.04. The Bertz CT molecular complexity index is 715. The molecule has 7 heteroatoms.